The summed E-state index contributed by atoms with van der Waals surface area (Å²) in [5.74, 6) is 2.67. The molecule has 26 heavy (non-hydrogen) atoms. The first kappa shape index (κ1) is 15.4. The van der Waals surface area contributed by atoms with E-state index in [0.29, 0.717) is 5.92 Å². The van der Waals surface area contributed by atoms with Crippen LogP contribution < -0.4 is 9.64 Å². The minimum Gasteiger partial charge on any atom is -0.497 e. The highest BCUT2D eigenvalue weighted by Crippen LogP contribution is 2.40. The first-order valence-corrected chi connectivity index (χ1v) is 9.05. The summed E-state index contributed by atoms with van der Waals surface area (Å²) < 4.78 is 5.41. The van der Waals surface area contributed by atoms with Crippen LogP contribution in [0.1, 0.15) is 47.3 Å². The zero-order valence-electron chi connectivity index (χ0n) is 14.7. The van der Waals surface area contributed by atoms with Crippen LogP contribution in [0.5, 0.6) is 5.75 Å². The molecule has 1 atom stereocenters. The summed E-state index contributed by atoms with van der Waals surface area (Å²) in [6.07, 6.45) is 5.98. The van der Waals surface area contributed by atoms with Gasteiger partial charge in [-0.15, -0.1) is 0 Å². The number of imidazole rings is 1. The molecule has 1 aliphatic heterocycles. The summed E-state index contributed by atoms with van der Waals surface area (Å²) in [5.41, 5.74) is 4.64. The number of fused-ring (bicyclic) bond motifs is 1. The SMILES string of the molecule is COc1cccc(C2CN(c3cc(C4CC4)ncn3)Cc3[nH]cnc32)c1. The highest BCUT2D eigenvalue weighted by Gasteiger charge is 2.31. The number of benzene rings is 1. The zero-order valence-corrected chi connectivity index (χ0v) is 14.7. The molecule has 1 aliphatic carbocycles. The van der Waals surface area contributed by atoms with Crippen LogP contribution in [0.25, 0.3) is 0 Å². The van der Waals surface area contributed by atoms with Crippen LogP contribution in [0, 0.1) is 0 Å². The van der Waals surface area contributed by atoms with Gasteiger partial charge in [-0.05, 0) is 30.5 Å². The monoisotopic (exact) mass is 347 g/mol. The molecular weight excluding hydrogens is 326 g/mol. The number of hydrogen-bond acceptors (Lipinski definition) is 5. The van der Waals surface area contributed by atoms with Crippen molar-refractivity contribution in [1.82, 2.24) is 19.9 Å². The molecule has 0 saturated heterocycles. The van der Waals surface area contributed by atoms with Crippen molar-refractivity contribution in [2.24, 2.45) is 0 Å². The number of ether oxygens (including phenoxy) is 1. The van der Waals surface area contributed by atoms with Crippen molar-refractivity contribution in [3.63, 3.8) is 0 Å². The van der Waals surface area contributed by atoms with Crippen molar-refractivity contribution >= 4 is 5.82 Å². The number of rotatable bonds is 4. The summed E-state index contributed by atoms with van der Waals surface area (Å²) in [6.45, 7) is 1.63. The second-order valence-corrected chi connectivity index (χ2v) is 7.05. The maximum absolute atomic E-state index is 5.41. The van der Waals surface area contributed by atoms with E-state index in [9.17, 15) is 0 Å². The summed E-state index contributed by atoms with van der Waals surface area (Å²) >= 11 is 0. The van der Waals surface area contributed by atoms with Gasteiger partial charge in [-0.1, -0.05) is 12.1 Å². The molecule has 2 aromatic heterocycles. The number of aromatic nitrogens is 4. The van der Waals surface area contributed by atoms with Crippen molar-refractivity contribution in [1.29, 1.82) is 0 Å². The van der Waals surface area contributed by atoms with Gasteiger partial charge in [0.25, 0.3) is 0 Å². The lowest BCUT2D eigenvalue weighted by Gasteiger charge is -2.33. The zero-order chi connectivity index (χ0) is 17.5. The molecule has 6 heteroatoms. The highest BCUT2D eigenvalue weighted by atomic mass is 16.5. The van der Waals surface area contributed by atoms with Gasteiger partial charge in [-0.2, -0.15) is 0 Å². The quantitative estimate of drug-likeness (QED) is 0.785. The molecule has 1 saturated carbocycles. The fraction of sp³-hybridized carbons (Fsp3) is 0.350. The third kappa shape index (κ3) is 2.71. The van der Waals surface area contributed by atoms with Crippen LogP contribution in [-0.2, 0) is 6.54 Å². The van der Waals surface area contributed by atoms with E-state index >= 15 is 0 Å². The highest BCUT2D eigenvalue weighted by molar-refractivity contribution is 5.47. The number of methoxy groups -OCH3 is 1. The lowest BCUT2D eigenvalue weighted by molar-refractivity contribution is 0.414. The number of anilines is 1. The van der Waals surface area contributed by atoms with Gasteiger partial charge in [0, 0.05) is 30.1 Å². The number of nitrogens with one attached hydrogen (secondary N) is 1. The van der Waals surface area contributed by atoms with E-state index in [1.165, 1.54) is 24.1 Å². The number of nitrogens with zero attached hydrogens (tertiary/aromatic N) is 4. The van der Waals surface area contributed by atoms with Crippen LogP contribution in [0.3, 0.4) is 0 Å². The molecule has 0 bridgehead atoms. The van der Waals surface area contributed by atoms with E-state index in [1.54, 1.807) is 19.8 Å². The van der Waals surface area contributed by atoms with Crippen LogP contribution in [0.4, 0.5) is 5.82 Å². The molecule has 6 nitrogen and oxygen atoms in total. The second-order valence-electron chi connectivity index (χ2n) is 7.05. The van der Waals surface area contributed by atoms with Crippen LogP contribution in [0.2, 0.25) is 0 Å². The molecule has 1 aromatic carbocycles. The maximum atomic E-state index is 5.41. The van der Waals surface area contributed by atoms with Gasteiger partial charge in [0.15, 0.2) is 0 Å². The molecular formula is C20H21N5O. The Kier molecular flexibility index (Phi) is 3.62. The van der Waals surface area contributed by atoms with Gasteiger partial charge in [0.2, 0.25) is 0 Å². The molecule has 3 aromatic rings. The van der Waals surface area contributed by atoms with Crippen molar-refractivity contribution in [3.05, 3.63) is 65.6 Å². The third-order valence-electron chi connectivity index (χ3n) is 5.32. The molecule has 2 aliphatic rings. The Bertz CT molecular complexity index is 933. The average Bonchev–Trinajstić information content (AvgIpc) is 3.45. The van der Waals surface area contributed by atoms with E-state index in [1.807, 2.05) is 12.1 Å². The summed E-state index contributed by atoms with van der Waals surface area (Å²) in [7, 11) is 1.70. The van der Waals surface area contributed by atoms with Crippen molar-refractivity contribution < 1.29 is 4.74 Å². The number of aromatic amines is 1. The third-order valence-corrected chi connectivity index (χ3v) is 5.32. The lowest BCUT2D eigenvalue weighted by Crippen LogP contribution is -2.35. The first-order chi connectivity index (χ1) is 12.8. The molecule has 1 fully saturated rings. The molecule has 1 unspecified atom stereocenters. The van der Waals surface area contributed by atoms with Crippen molar-refractivity contribution in [2.45, 2.75) is 31.2 Å². The molecule has 132 valence electrons. The molecule has 3 heterocycles. The Labute approximate surface area is 152 Å². The van der Waals surface area contributed by atoms with Crippen LogP contribution in [0.15, 0.2) is 43.0 Å². The van der Waals surface area contributed by atoms with Gasteiger partial charge < -0.3 is 14.6 Å². The summed E-state index contributed by atoms with van der Waals surface area (Å²) in [6, 6.07) is 10.4. The fourth-order valence-electron chi connectivity index (χ4n) is 3.75. The lowest BCUT2D eigenvalue weighted by atomic mass is 9.90. The van der Waals surface area contributed by atoms with E-state index in [0.717, 1.165) is 36.0 Å². The largest absolute Gasteiger partial charge is 0.497 e. The van der Waals surface area contributed by atoms with E-state index in [-0.39, 0.29) is 5.92 Å². The minimum absolute atomic E-state index is 0.180. The Hall–Kier alpha value is -2.89. The van der Waals surface area contributed by atoms with Crippen molar-refractivity contribution in [3.8, 4) is 5.75 Å². The smallest absolute Gasteiger partial charge is 0.132 e. The number of hydrogen-bond donors (Lipinski definition) is 1. The Balaban J connectivity index is 1.51. The Morgan fingerprint density at radius 1 is 1.15 bits per heavy atom. The molecule has 1 N–H and O–H groups in total. The number of H-pyrrole nitrogens is 1. The van der Waals surface area contributed by atoms with Gasteiger partial charge in [0.1, 0.15) is 17.9 Å². The van der Waals surface area contributed by atoms with E-state index in [4.69, 9.17) is 4.74 Å². The van der Waals surface area contributed by atoms with Crippen LogP contribution >= 0.6 is 0 Å². The fourth-order valence-corrected chi connectivity index (χ4v) is 3.75. The van der Waals surface area contributed by atoms with E-state index in [2.05, 4.69) is 43.0 Å². The summed E-state index contributed by atoms with van der Waals surface area (Å²) in [4.78, 5) is 19.2. The van der Waals surface area contributed by atoms with Crippen LogP contribution in [-0.4, -0.2) is 33.6 Å². The predicted octanol–water partition coefficient (Wildman–Crippen LogP) is 3.24. The van der Waals surface area contributed by atoms with Gasteiger partial charge >= 0.3 is 0 Å². The van der Waals surface area contributed by atoms with Gasteiger partial charge in [-0.3, -0.25) is 0 Å². The average molecular weight is 347 g/mol. The van der Waals surface area contributed by atoms with Crippen molar-refractivity contribution in [2.75, 3.05) is 18.6 Å². The normalized spacial score (nSPS) is 19.3. The summed E-state index contributed by atoms with van der Waals surface area (Å²) in [5, 5.41) is 0. The second kappa shape index (κ2) is 6.12. The first-order valence-electron chi connectivity index (χ1n) is 9.05. The molecule has 0 spiro atoms. The van der Waals surface area contributed by atoms with E-state index < -0.39 is 0 Å². The molecule has 5 rings (SSSR count). The molecule has 0 radical (unpaired) electrons. The Morgan fingerprint density at radius 3 is 2.92 bits per heavy atom. The van der Waals surface area contributed by atoms with Gasteiger partial charge in [0.05, 0.1) is 31.4 Å². The van der Waals surface area contributed by atoms with Gasteiger partial charge in [-0.25, -0.2) is 15.0 Å². The predicted molar refractivity (Wildman–Crippen MR) is 98.5 cm³/mol. The minimum atomic E-state index is 0.180. The standard InChI is InChI=1S/C20H21N5O/c1-26-15-4-2-3-14(7-15)16-9-25(10-18-20(16)24-12-22-18)19-8-17(13-5-6-13)21-11-23-19/h2-4,7-8,11-13,16H,5-6,9-10H2,1H3,(H,22,24). The Morgan fingerprint density at radius 2 is 2.08 bits per heavy atom. The maximum Gasteiger partial charge on any atom is 0.132 e. The molecule has 0 amide bonds. The topological polar surface area (TPSA) is 66.9 Å².